The van der Waals surface area contributed by atoms with Crippen LogP contribution in [0.5, 0.6) is 5.75 Å². The van der Waals surface area contributed by atoms with Gasteiger partial charge in [-0.2, -0.15) is 9.78 Å². The number of fused-ring (bicyclic) bond motifs is 1. The molecular weight excluding hydrogens is 438 g/mol. The molecule has 0 atom stereocenters. The number of halogens is 2. The van der Waals surface area contributed by atoms with E-state index >= 15 is 0 Å². The van der Waals surface area contributed by atoms with Crippen LogP contribution in [0.2, 0.25) is 0 Å². The van der Waals surface area contributed by atoms with Crippen LogP contribution in [0.1, 0.15) is 12.5 Å². The maximum Gasteiger partial charge on any atom is 0.340 e. The van der Waals surface area contributed by atoms with Gasteiger partial charge in [0.1, 0.15) is 5.75 Å². The van der Waals surface area contributed by atoms with Gasteiger partial charge in [-0.25, -0.2) is 13.6 Å². The lowest BCUT2D eigenvalue weighted by atomic mass is 10.1. The van der Waals surface area contributed by atoms with E-state index in [9.17, 15) is 13.6 Å². The molecular formula is C22H18F2N4O3S. The summed E-state index contributed by atoms with van der Waals surface area (Å²) in [7, 11) is 1.58. The number of rotatable bonds is 6. The molecule has 2 aromatic carbocycles. The number of carbonyl (C=O) groups excluding carboxylic acids is 1. The first kappa shape index (κ1) is 21.7. The van der Waals surface area contributed by atoms with Gasteiger partial charge in [0.25, 0.3) is 0 Å². The summed E-state index contributed by atoms with van der Waals surface area (Å²) in [6, 6.07) is 10.6. The quantitative estimate of drug-likeness (QED) is 0.409. The number of hydrogen-bond acceptors (Lipinski definition) is 7. The summed E-state index contributed by atoms with van der Waals surface area (Å²) < 4.78 is 38.9. The van der Waals surface area contributed by atoms with E-state index in [1.165, 1.54) is 23.9 Å². The van der Waals surface area contributed by atoms with Gasteiger partial charge in [-0.3, -0.25) is 0 Å². The van der Waals surface area contributed by atoms with Crippen molar-refractivity contribution in [2.75, 3.05) is 19.5 Å². The largest absolute Gasteiger partial charge is 0.497 e. The molecule has 10 heteroatoms. The van der Waals surface area contributed by atoms with Gasteiger partial charge in [-0.15, -0.1) is 10.2 Å². The van der Waals surface area contributed by atoms with Gasteiger partial charge in [0.2, 0.25) is 5.16 Å². The Kier molecular flexibility index (Phi) is 6.31. The topological polar surface area (TPSA) is 78.6 Å². The zero-order valence-corrected chi connectivity index (χ0v) is 18.0. The highest BCUT2D eigenvalue weighted by molar-refractivity contribution is 7.99. The molecule has 0 saturated carbocycles. The van der Waals surface area contributed by atoms with E-state index in [0.29, 0.717) is 33.8 Å². The Bertz CT molecular complexity index is 1220. The number of carbonyl (C=O) groups is 1. The Hall–Kier alpha value is -3.53. The number of nitrogens with zero attached hydrogens (tertiary/aromatic N) is 4. The Morgan fingerprint density at radius 1 is 1.16 bits per heavy atom. The van der Waals surface area contributed by atoms with Crippen LogP contribution in [0, 0.1) is 11.6 Å². The van der Waals surface area contributed by atoms with Gasteiger partial charge in [-0.05, 0) is 55.0 Å². The maximum atomic E-state index is 13.7. The van der Waals surface area contributed by atoms with Crippen molar-refractivity contribution in [3.8, 4) is 17.1 Å². The summed E-state index contributed by atoms with van der Waals surface area (Å²) in [6.07, 6.45) is 1.43. The molecule has 4 rings (SSSR count). The summed E-state index contributed by atoms with van der Waals surface area (Å²) in [5.41, 5.74) is 1.62. The van der Waals surface area contributed by atoms with Gasteiger partial charge in [0, 0.05) is 11.3 Å². The molecule has 3 aromatic rings. The zero-order chi connectivity index (χ0) is 22.7. The fourth-order valence-corrected chi connectivity index (χ4v) is 3.84. The smallest absolute Gasteiger partial charge is 0.340 e. The number of aromatic nitrogens is 3. The standard InChI is InChI=1S/C22H18F2N4O3S/c1-3-31-21(29)16(10-13-4-9-17(23)18(24)11-13)19-12-32-22-26-25-20(28(22)27-19)14-5-7-15(30-2)8-6-14/h4-11H,3,12H2,1-2H3. The lowest BCUT2D eigenvalue weighted by Gasteiger charge is -2.16. The highest BCUT2D eigenvalue weighted by Gasteiger charge is 2.25. The minimum absolute atomic E-state index is 0.144. The van der Waals surface area contributed by atoms with Crippen LogP contribution in [0.25, 0.3) is 17.5 Å². The molecule has 0 radical (unpaired) electrons. The summed E-state index contributed by atoms with van der Waals surface area (Å²) in [5, 5.41) is 13.5. The van der Waals surface area contributed by atoms with E-state index in [2.05, 4.69) is 15.3 Å². The number of benzene rings is 2. The van der Waals surface area contributed by atoms with Crippen LogP contribution in [-0.4, -0.2) is 46.0 Å². The molecule has 0 aliphatic carbocycles. The third kappa shape index (κ3) is 4.40. The van der Waals surface area contributed by atoms with Gasteiger partial charge in [0.05, 0.1) is 25.0 Å². The molecule has 0 spiro atoms. The van der Waals surface area contributed by atoms with Crippen molar-refractivity contribution < 1.29 is 23.0 Å². The summed E-state index contributed by atoms with van der Waals surface area (Å²) in [6.45, 7) is 1.84. The predicted octanol–water partition coefficient (Wildman–Crippen LogP) is 4.19. The van der Waals surface area contributed by atoms with Crippen LogP contribution in [-0.2, 0) is 9.53 Å². The Balaban J connectivity index is 1.77. The maximum absolute atomic E-state index is 13.7. The molecule has 0 fully saturated rings. The Labute approximate surface area is 186 Å². The van der Waals surface area contributed by atoms with E-state index in [1.807, 2.05) is 12.1 Å². The van der Waals surface area contributed by atoms with E-state index < -0.39 is 17.6 Å². The Morgan fingerprint density at radius 2 is 1.94 bits per heavy atom. The first-order valence-electron chi connectivity index (χ1n) is 9.65. The van der Waals surface area contributed by atoms with Crippen molar-refractivity contribution in [1.82, 2.24) is 14.9 Å². The van der Waals surface area contributed by atoms with Crippen molar-refractivity contribution in [3.05, 3.63) is 65.2 Å². The second kappa shape index (κ2) is 9.31. The van der Waals surface area contributed by atoms with Crippen molar-refractivity contribution in [1.29, 1.82) is 0 Å². The van der Waals surface area contributed by atoms with Crippen LogP contribution >= 0.6 is 11.8 Å². The molecule has 32 heavy (non-hydrogen) atoms. The summed E-state index contributed by atoms with van der Waals surface area (Å²) in [5.74, 6) is -1.07. The van der Waals surface area contributed by atoms with E-state index in [-0.39, 0.29) is 12.2 Å². The summed E-state index contributed by atoms with van der Waals surface area (Å²) >= 11 is 1.35. The molecule has 1 aliphatic rings. The Morgan fingerprint density at radius 3 is 2.62 bits per heavy atom. The van der Waals surface area contributed by atoms with E-state index in [4.69, 9.17) is 9.47 Å². The van der Waals surface area contributed by atoms with Crippen LogP contribution in [0.15, 0.2) is 58.3 Å². The molecule has 0 N–H and O–H groups in total. The van der Waals surface area contributed by atoms with E-state index in [0.717, 1.165) is 17.7 Å². The fraction of sp³-hybridized carbons (Fsp3) is 0.182. The molecule has 0 bridgehead atoms. The molecule has 1 aromatic heterocycles. The highest BCUT2D eigenvalue weighted by atomic mass is 32.2. The first-order valence-corrected chi connectivity index (χ1v) is 10.6. The number of thioether (sulfide) groups is 1. The van der Waals surface area contributed by atoms with Crippen LogP contribution in [0.3, 0.4) is 0 Å². The van der Waals surface area contributed by atoms with Crippen molar-refractivity contribution in [2.24, 2.45) is 5.10 Å². The number of esters is 1. The van der Waals surface area contributed by atoms with Gasteiger partial charge in [-0.1, -0.05) is 17.8 Å². The molecule has 7 nitrogen and oxygen atoms in total. The third-order valence-electron chi connectivity index (χ3n) is 4.58. The van der Waals surface area contributed by atoms with Crippen LogP contribution < -0.4 is 4.74 Å². The SMILES string of the molecule is CCOC(=O)C(=Cc1ccc(F)c(F)c1)C1=Nn2c(nnc2-c2ccc(OC)cc2)SC1. The fourth-order valence-electron chi connectivity index (χ4n) is 3.02. The van der Waals surface area contributed by atoms with Crippen molar-refractivity contribution >= 4 is 29.5 Å². The lowest BCUT2D eigenvalue weighted by Crippen LogP contribution is -2.21. The minimum atomic E-state index is -1.01. The average molecular weight is 456 g/mol. The highest BCUT2D eigenvalue weighted by Crippen LogP contribution is 2.30. The molecule has 0 amide bonds. The molecule has 1 aliphatic heterocycles. The van der Waals surface area contributed by atoms with Gasteiger partial charge >= 0.3 is 5.97 Å². The normalized spacial score (nSPS) is 13.4. The average Bonchev–Trinajstić information content (AvgIpc) is 3.23. The number of methoxy groups -OCH3 is 1. The molecule has 0 saturated heterocycles. The van der Waals surface area contributed by atoms with Crippen molar-refractivity contribution in [3.63, 3.8) is 0 Å². The summed E-state index contributed by atoms with van der Waals surface area (Å²) in [4.78, 5) is 12.7. The second-order valence-electron chi connectivity index (χ2n) is 6.63. The third-order valence-corrected chi connectivity index (χ3v) is 5.51. The van der Waals surface area contributed by atoms with Gasteiger partial charge < -0.3 is 9.47 Å². The van der Waals surface area contributed by atoms with Crippen molar-refractivity contribution in [2.45, 2.75) is 12.1 Å². The number of hydrogen-bond donors (Lipinski definition) is 0. The van der Waals surface area contributed by atoms with Gasteiger partial charge in [0.15, 0.2) is 17.5 Å². The predicted molar refractivity (Wildman–Crippen MR) is 117 cm³/mol. The monoisotopic (exact) mass is 456 g/mol. The molecule has 164 valence electrons. The molecule has 0 unspecified atom stereocenters. The number of ether oxygens (including phenoxy) is 2. The first-order chi connectivity index (χ1) is 15.5. The zero-order valence-electron chi connectivity index (χ0n) is 17.2. The minimum Gasteiger partial charge on any atom is -0.497 e. The second-order valence-corrected chi connectivity index (χ2v) is 7.58. The van der Waals surface area contributed by atoms with E-state index in [1.54, 1.807) is 30.8 Å². The molecule has 2 heterocycles. The van der Waals surface area contributed by atoms with Crippen LogP contribution in [0.4, 0.5) is 8.78 Å². The lowest BCUT2D eigenvalue weighted by molar-refractivity contribution is -0.137.